The van der Waals surface area contributed by atoms with Gasteiger partial charge < -0.3 is 9.67 Å². The Morgan fingerprint density at radius 1 is 1.12 bits per heavy atom. The van der Waals surface area contributed by atoms with E-state index in [9.17, 15) is 9.90 Å². The second-order valence-corrected chi connectivity index (χ2v) is 9.13. The number of rotatable bonds is 7. The molecule has 0 radical (unpaired) electrons. The minimum absolute atomic E-state index is 0.0251. The third kappa shape index (κ3) is 3.93. The molecule has 1 fully saturated rings. The summed E-state index contributed by atoms with van der Waals surface area (Å²) in [6, 6.07) is 10.4. The van der Waals surface area contributed by atoms with Crippen LogP contribution < -0.4 is 0 Å². The average Bonchev–Trinajstić information content (AvgIpc) is 3.42. The zero-order valence-corrected chi connectivity index (χ0v) is 18.8. The van der Waals surface area contributed by atoms with Crippen LogP contribution in [0.2, 0.25) is 0 Å². The Bertz CT molecular complexity index is 1330. The van der Waals surface area contributed by atoms with Crippen LogP contribution in [-0.4, -0.2) is 30.4 Å². The largest absolute Gasteiger partial charge is 0.481 e. The molecule has 4 aromatic rings. The van der Waals surface area contributed by atoms with Crippen LogP contribution in [0.25, 0.3) is 16.7 Å². The fraction of sp³-hybridized carbons (Fsp3) is 0.346. The number of hydrogen-bond acceptors (Lipinski definition) is 3. The van der Waals surface area contributed by atoms with E-state index >= 15 is 0 Å². The maximum absolute atomic E-state index is 11.5. The van der Waals surface area contributed by atoms with E-state index in [-0.39, 0.29) is 6.42 Å². The van der Waals surface area contributed by atoms with Crippen molar-refractivity contribution in [2.24, 2.45) is 5.92 Å². The fourth-order valence-corrected chi connectivity index (χ4v) is 4.46. The van der Waals surface area contributed by atoms with Crippen LogP contribution in [0.15, 0.2) is 42.7 Å². The van der Waals surface area contributed by atoms with Crippen molar-refractivity contribution in [3.05, 3.63) is 76.4 Å². The molecule has 1 N–H and O–H groups in total. The molecule has 0 bridgehead atoms. The first-order chi connectivity index (χ1) is 15.4. The first-order valence-electron chi connectivity index (χ1n) is 11.2. The third-order valence-electron chi connectivity index (χ3n) is 6.35. The number of hydrogen-bond donors (Lipinski definition) is 1. The number of pyridine rings is 1. The lowest BCUT2D eigenvalue weighted by Gasteiger charge is -2.15. The van der Waals surface area contributed by atoms with Crippen LogP contribution in [0.1, 0.15) is 46.5 Å². The van der Waals surface area contributed by atoms with Gasteiger partial charge in [-0.25, -0.2) is 4.98 Å². The summed E-state index contributed by atoms with van der Waals surface area (Å²) in [5, 5.41) is 15.0. The fourth-order valence-electron chi connectivity index (χ4n) is 4.46. The number of benzene rings is 1. The highest BCUT2D eigenvalue weighted by Crippen LogP contribution is 2.32. The number of aryl methyl sites for hydroxylation is 3. The lowest BCUT2D eigenvalue weighted by atomic mass is 10.0. The van der Waals surface area contributed by atoms with Crippen molar-refractivity contribution < 1.29 is 9.90 Å². The van der Waals surface area contributed by atoms with E-state index in [1.165, 1.54) is 35.2 Å². The molecule has 1 saturated carbocycles. The normalized spacial score (nSPS) is 13.7. The molecule has 3 heterocycles. The third-order valence-corrected chi connectivity index (χ3v) is 6.35. The summed E-state index contributed by atoms with van der Waals surface area (Å²) < 4.78 is 4.23. The van der Waals surface area contributed by atoms with E-state index in [2.05, 4.69) is 46.4 Å². The number of aliphatic carboxylic acids is 1. The lowest BCUT2D eigenvalue weighted by Crippen LogP contribution is -2.09. The standard InChI is InChI=1S/C26H28N4O2/c1-16-4-9-23(20(10-16)11-24-17(2)13-27-30(24)14-19-6-7-19)29-15-21(12-25(31)32)22-8-5-18(3)28-26(22)29/h4-5,8-10,13,15,19H,6-7,11-12,14H2,1-3H3,(H,31,32). The van der Waals surface area contributed by atoms with Gasteiger partial charge in [-0.1, -0.05) is 17.7 Å². The van der Waals surface area contributed by atoms with Crippen LogP contribution >= 0.6 is 0 Å². The Balaban J connectivity index is 1.63. The number of carboxylic acid groups (broad SMARTS) is 1. The van der Waals surface area contributed by atoms with Gasteiger partial charge in [-0.15, -0.1) is 0 Å². The molecule has 0 amide bonds. The van der Waals surface area contributed by atoms with E-state index in [1.54, 1.807) is 0 Å². The second kappa shape index (κ2) is 7.93. The van der Waals surface area contributed by atoms with Gasteiger partial charge in [0.15, 0.2) is 0 Å². The molecule has 1 aromatic carbocycles. The van der Waals surface area contributed by atoms with Crippen molar-refractivity contribution >= 4 is 17.0 Å². The van der Waals surface area contributed by atoms with E-state index in [4.69, 9.17) is 4.98 Å². The highest BCUT2D eigenvalue weighted by molar-refractivity contribution is 5.86. The summed E-state index contributed by atoms with van der Waals surface area (Å²) in [4.78, 5) is 16.3. The van der Waals surface area contributed by atoms with Gasteiger partial charge in [-0.2, -0.15) is 5.10 Å². The Morgan fingerprint density at radius 2 is 1.94 bits per heavy atom. The minimum Gasteiger partial charge on any atom is -0.481 e. The minimum atomic E-state index is -0.839. The van der Waals surface area contributed by atoms with Gasteiger partial charge in [-0.05, 0) is 74.4 Å². The molecule has 0 unspecified atom stereocenters. The SMILES string of the molecule is Cc1ccc(-n2cc(CC(=O)O)c3ccc(C)nc32)c(Cc2c(C)cnn2CC2CC2)c1. The van der Waals surface area contributed by atoms with E-state index in [0.29, 0.717) is 0 Å². The van der Waals surface area contributed by atoms with Crippen molar-refractivity contribution in [2.75, 3.05) is 0 Å². The highest BCUT2D eigenvalue weighted by atomic mass is 16.4. The topological polar surface area (TPSA) is 72.9 Å². The summed E-state index contributed by atoms with van der Waals surface area (Å²) in [5.41, 5.74) is 8.36. The number of carboxylic acids is 1. The van der Waals surface area contributed by atoms with E-state index in [1.807, 2.05) is 31.5 Å². The smallest absolute Gasteiger partial charge is 0.307 e. The maximum Gasteiger partial charge on any atom is 0.307 e. The molecule has 1 aliphatic carbocycles. The summed E-state index contributed by atoms with van der Waals surface area (Å²) in [6.07, 6.45) is 7.24. The molecular weight excluding hydrogens is 400 g/mol. The molecule has 0 atom stereocenters. The number of nitrogens with zero attached hydrogens (tertiary/aromatic N) is 4. The van der Waals surface area contributed by atoms with E-state index in [0.717, 1.165) is 46.9 Å². The zero-order chi connectivity index (χ0) is 22.4. The molecule has 6 nitrogen and oxygen atoms in total. The van der Waals surface area contributed by atoms with E-state index < -0.39 is 5.97 Å². The number of carbonyl (C=O) groups is 1. The summed E-state index contributed by atoms with van der Waals surface area (Å²) in [7, 11) is 0. The Morgan fingerprint density at radius 3 is 2.69 bits per heavy atom. The predicted octanol–water partition coefficient (Wildman–Crippen LogP) is 4.78. The van der Waals surface area contributed by atoms with Crippen LogP contribution in [-0.2, 0) is 24.2 Å². The first kappa shape index (κ1) is 20.5. The predicted molar refractivity (Wildman–Crippen MR) is 124 cm³/mol. The van der Waals surface area contributed by atoms with Crippen LogP contribution in [0.3, 0.4) is 0 Å². The molecule has 32 heavy (non-hydrogen) atoms. The number of aromatic nitrogens is 4. The van der Waals surface area contributed by atoms with Crippen molar-refractivity contribution in [2.45, 2.75) is 53.0 Å². The monoisotopic (exact) mass is 428 g/mol. The van der Waals surface area contributed by atoms with Gasteiger partial charge in [0.05, 0.1) is 18.3 Å². The summed E-state index contributed by atoms with van der Waals surface area (Å²) in [5.74, 6) is -0.0856. The maximum atomic E-state index is 11.5. The van der Waals surface area contributed by atoms with Crippen molar-refractivity contribution in [3.8, 4) is 5.69 Å². The van der Waals surface area contributed by atoms with Crippen molar-refractivity contribution in [1.82, 2.24) is 19.3 Å². The molecule has 164 valence electrons. The molecule has 6 heteroatoms. The first-order valence-corrected chi connectivity index (χ1v) is 11.2. The Kier molecular flexibility index (Phi) is 5.08. The second-order valence-electron chi connectivity index (χ2n) is 9.13. The molecule has 1 aliphatic rings. The molecule has 3 aromatic heterocycles. The quantitative estimate of drug-likeness (QED) is 0.460. The number of fused-ring (bicyclic) bond motifs is 1. The van der Waals surface area contributed by atoms with Crippen LogP contribution in [0.5, 0.6) is 0 Å². The van der Waals surface area contributed by atoms with Gasteiger partial charge in [-0.3, -0.25) is 9.48 Å². The van der Waals surface area contributed by atoms with Crippen LogP contribution in [0.4, 0.5) is 0 Å². The highest BCUT2D eigenvalue weighted by Gasteiger charge is 2.24. The van der Waals surface area contributed by atoms with Crippen molar-refractivity contribution in [1.29, 1.82) is 0 Å². The summed E-state index contributed by atoms with van der Waals surface area (Å²) >= 11 is 0. The van der Waals surface area contributed by atoms with Gasteiger partial charge in [0, 0.05) is 35.9 Å². The molecule has 0 saturated heterocycles. The van der Waals surface area contributed by atoms with Crippen molar-refractivity contribution in [3.63, 3.8) is 0 Å². The Labute approximate surface area is 187 Å². The van der Waals surface area contributed by atoms with Gasteiger partial charge in [0.25, 0.3) is 0 Å². The van der Waals surface area contributed by atoms with Crippen LogP contribution in [0, 0.1) is 26.7 Å². The van der Waals surface area contributed by atoms with Gasteiger partial charge in [0.1, 0.15) is 5.65 Å². The summed E-state index contributed by atoms with van der Waals surface area (Å²) in [6.45, 7) is 7.18. The molecule has 0 aliphatic heterocycles. The Hall–Kier alpha value is -3.41. The lowest BCUT2D eigenvalue weighted by molar-refractivity contribution is -0.136. The van der Waals surface area contributed by atoms with Gasteiger partial charge >= 0.3 is 5.97 Å². The zero-order valence-electron chi connectivity index (χ0n) is 18.8. The average molecular weight is 429 g/mol. The molecule has 0 spiro atoms. The van der Waals surface area contributed by atoms with Gasteiger partial charge in [0.2, 0.25) is 0 Å². The molecule has 5 rings (SSSR count). The molecular formula is C26H28N4O2.